The number of aromatic nitrogens is 1. The lowest BCUT2D eigenvalue weighted by Gasteiger charge is -2.39. The van der Waals surface area contributed by atoms with E-state index in [9.17, 15) is 9.18 Å². The molecule has 4 rings (SSSR count). The van der Waals surface area contributed by atoms with Crippen LogP contribution in [0.25, 0.3) is 16.3 Å². The van der Waals surface area contributed by atoms with Gasteiger partial charge in [-0.2, -0.15) is 0 Å². The molecule has 0 unspecified atom stereocenters. The second kappa shape index (κ2) is 9.00. The number of alkyl halides is 1. The van der Waals surface area contributed by atoms with Gasteiger partial charge in [0.05, 0.1) is 5.41 Å². The van der Waals surface area contributed by atoms with Gasteiger partial charge in [0.15, 0.2) is 0 Å². The molecular formula is C24H28FN5O. The van der Waals surface area contributed by atoms with Crippen LogP contribution in [0.15, 0.2) is 47.8 Å². The van der Waals surface area contributed by atoms with Gasteiger partial charge in [0, 0.05) is 48.9 Å². The Bertz CT molecular complexity index is 1060. The molecule has 3 heterocycles. The van der Waals surface area contributed by atoms with Crippen molar-refractivity contribution in [3.8, 4) is 0 Å². The zero-order valence-electron chi connectivity index (χ0n) is 18.1. The van der Waals surface area contributed by atoms with Crippen LogP contribution in [0.2, 0.25) is 0 Å². The Balaban J connectivity index is 1.53. The Hall–Kier alpha value is -3.02. The smallest absolute Gasteiger partial charge is 0.231 e. The molecule has 1 aromatic heterocycles. The number of fused-ring (bicyclic) bond motifs is 1. The maximum Gasteiger partial charge on any atom is 0.231 e. The van der Waals surface area contributed by atoms with Gasteiger partial charge in [-0.15, -0.1) is 5.10 Å². The van der Waals surface area contributed by atoms with Crippen LogP contribution in [-0.2, 0) is 4.79 Å². The second-order valence-corrected chi connectivity index (χ2v) is 8.28. The van der Waals surface area contributed by atoms with Crippen molar-refractivity contribution < 1.29 is 9.18 Å². The third-order valence-corrected chi connectivity index (χ3v) is 6.43. The van der Waals surface area contributed by atoms with Crippen molar-refractivity contribution in [2.24, 2.45) is 10.5 Å². The molecule has 1 N–H and O–H groups in total. The lowest BCUT2D eigenvalue weighted by molar-refractivity contribution is -0.128. The molecule has 6 nitrogen and oxygen atoms in total. The highest BCUT2D eigenvalue weighted by Crippen LogP contribution is 2.36. The molecule has 1 saturated heterocycles. The first-order valence-corrected chi connectivity index (χ1v) is 10.8. The molecule has 1 aromatic carbocycles. The number of carbonyl (C=O) groups excluding carboxylic acids is 1. The highest BCUT2D eigenvalue weighted by molar-refractivity contribution is 5.97. The number of hydrogen-bond donors (Lipinski definition) is 1. The largest absolute Gasteiger partial charge is 0.310 e. The number of nitrogens with zero attached hydrogens (tertiary/aromatic N) is 4. The van der Waals surface area contributed by atoms with Gasteiger partial charge >= 0.3 is 0 Å². The maximum absolute atomic E-state index is 13.2. The summed E-state index contributed by atoms with van der Waals surface area (Å²) in [6, 6.07) is 8.07. The normalized spacial score (nSPS) is 18.3. The standard InChI is InChI=1S/C24H28FN5O/c1-3-24(7-11-30(12-8-24)13-9-25)23(31)28-22-15-21-14-18(4-5-19(21)16-26-22)20-6-10-27-29(2)17-20/h4-6,14-17H,3,7-9,11-13H2,1-2H3,(H,26,28,31). The number of piperidine rings is 1. The van der Waals surface area contributed by atoms with Crippen LogP contribution in [0.4, 0.5) is 10.2 Å². The Morgan fingerprint density at radius 3 is 2.77 bits per heavy atom. The topological polar surface area (TPSA) is 60.8 Å². The molecule has 0 bridgehead atoms. The minimum absolute atomic E-state index is 0.00802. The first-order chi connectivity index (χ1) is 15.0. The van der Waals surface area contributed by atoms with Crippen LogP contribution in [0.3, 0.4) is 0 Å². The van der Waals surface area contributed by atoms with Gasteiger partial charge in [0.1, 0.15) is 12.5 Å². The molecule has 0 atom stereocenters. The fourth-order valence-electron chi connectivity index (χ4n) is 4.32. The van der Waals surface area contributed by atoms with Crippen molar-refractivity contribution >= 4 is 33.9 Å². The van der Waals surface area contributed by atoms with E-state index in [1.807, 2.05) is 37.5 Å². The average molecular weight is 422 g/mol. The average Bonchev–Trinajstić information content (AvgIpc) is 2.79. The zero-order chi connectivity index (χ0) is 21.8. The number of anilines is 1. The molecule has 2 aromatic rings. The number of carbonyl (C=O) groups is 1. The van der Waals surface area contributed by atoms with E-state index >= 15 is 0 Å². The molecule has 31 heavy (non-hydrogen) atoms. The molecule has 0 saturated carbocycles. The third kappa shape index (κ3) is 4.53. The lowest BCUT2D eigenvalue weighted by atomic mass is 9.75. The van der Waals surface area contributed by atoms with Crippen molar-refractivity contribution in [3.63, 3.8) is 0 Å². The predicted molar refractivity (Wildman–Crippen MR) is 122 cm³/mol. The van der Waals surface area contributed by atoms with Crippen molar-refractivity contribution in [2.75, 3.05) is 38.7 Å². The highest BCUT2D eigenvalue weighted by Gasteiger charge is 2.39. The third-order valence-electron chi connectivity index (χ3n) is 6.43. The first-order valence-electron chi connectivity index (χ1n) is 10.8. The van der Waals surface area contributed by atoms with Crippen molar-refractivity contribution in [1.82, 2.24) is 14.9 Å². The second-order valence-electron chi connectivity index (χ2n) is 8.28. The van der Waals surface area contributed by atoms with Gasteiger partial charge in [-0.1, -0.05) is 19.1 Å². The molecule has 2 aliphatic heterocycles. The number of amides is 1. The summed E-state index contributed by atoms with van der Waals surface area (Å²) in [4.78, 5) is 19.7. The van der Waals surface area contributed by atoms with Gasteiger partial charge in [-0.05, 0) is 55.4 Å². The van der Waals surface area contributed by atoms with Crippen LogP contribution < -0.4 is 5.32 Å². The molecule has 7 heteroatoms. The predicted octanol–water partition coefficient (Wildman–Crippen LogP) is 4.06. The van der Waals surface area contributed by atoms with E-state index < -0.39 is 5.41 Å². The highest BCUT2D eigenvalue weighted by atomic mass is 19.1. The number of benzene rings is 1. The van der Waals surface area contributed by atoms with E-state index in [2.05, 4.69) is 39.2 Å². The molecule has 2 aliphatic rings. The minimum atomic E-state index is -0.424. The lowest BCUT2D eigenvalue weighted by Crippen LogP contribution is -2.46. The molecule has 0 aliphatic carbocycles. The Morgan fingerprint density at radius 1 is 1.26 bits per heavy atom. The monoisotopic (exact) mass is 421 g/mol. The number of hydrogen-bond acceptors (Lipinski definition) is 5. The fourth-order valence-corrected chi connectivity index (χ4v) is 4.32. The summed E-state index contributed by atoms with van der Waals surface area (Å²) in [6.07, 6.45) is 7.82. The summed E-state index contributed by atoms with van der Waals surface area (Å²) >= 11 is 0. The summed E-state index contributed by atoms with van der Waals surface area (Å²) in [7, 11) is 1.87. The summed E-state index contributed by atoms with van der Waals surface area (Å²) in [5.41, 5.74) is 1.65. The first kappa shape index (κ1) is 21.2. The van der Waals surface area contributed by atoms with Crippen molar-refractivity contribution in [1.29, 1.82) is 0 Å². The van der Waals surface area contributed by atoms with E-state index in [-0.39, 0.29) is 12.6 Å². The van der Waals surface area contributed by atoms with Gasteiger partial charge in [-0.3, -0.25) is 9.80 Å². The Kier molecular flexibility index (Phi) is 6.16. The van der Waals surface area contributed by atoms with Crippen LogP contribution >= 0.6 is 0 Å². The number of pyridine rings is 1. The summed E-state index contributed by atoms with van der Waals surface area (Å²) in [6.45, 7) is 3.66. The van der Waals surface area contributed by atoms with E-state index in [0.29, 0.717) is 12.4 Å². The number of halogens is 1. The number of nitrogens with one attached hydrogen (secondary N) is 1. The van der Waals surface area contributed by atoms with Crippen LogP contribution in [0.1, 0.15) is 31.7 Å². The van der Waals surface area contributed by atoms with Crippen LogP contribution in [0.5, 0.6) is 0 Å². The summed E-state index contributed by atoms with van der Waals surface area (Å²) in [5, 5.41) is 10.8. The maximum atomic E-state index is 13.2. The quantitative estimate of drug-likeness (QED) is 0.764. The van der Waals surface area contributed by atoms with E-state index in [0.717, 1.165) is 54.3 Å². The number of rotatable bonds is 6. The van der Waals surface area contributed by atoms with E-state index in [1.165, 1.54) is 0 Å². The van der Waals surface area contributed by atoms with Gasteiger partial charge < -0.3 is 10.2 Å². The zero-order valence-corrected chi connectivity index (χ0v) is 18.1. The molecule has 162 valence electrons. The Morgan fingerprint density at radius 2 is 2.06 bits per heavy atom. The van der Waals surface area contributed by atoms with Crippen molar-refractivity contribution in [3.05, 3.63) is 48.3 Å². The number of likely N-dealkylation sites (tertiary alicyclic amines) is 1. The molecular weight excluding hydrogens is 393 g/mol. The van der Waals surface area contributed by atoms with Crippen LogP contribution in [0, 0.1) is 5.41 Å². The molecule has 0 radical (unpaired) electrons. The Labute approximate surface area is 182 Å². The van der Waals surface area contributed by atoms with Gasteiger partial charge in [-0.25, -0.2) is 9.37 Å². The van der Waals surface area contributed by atoms with E-state index in [4.69, 9.17) is 0 Å². The van der Waals surface area contributed by atoms with E-state index in [1.54, 1.807) is 11.2 Å². The SMILES string of the molecule is CCC1(C(=O)Nc2cc3cc(C4=CN(C)N=C=C4)ccc3cn2)CCN(CCF)CC1. The summed E-state index contributed by atoms with van der Waals surface area (Å²) < 4.78 is 12.6. The minimum Gasteiger partial charge on any atom is -0.310 e. The number of allylic oxidation sites excluding steroid dienone is 2. The summed E-state index contributed by atoms with van der Waals surface area (Å²) in [5.74, 6) is 3.45. The van der Waals surface area contributed by atoms with Gasteiger partial charge in [0.25, 0.3) is 0 Å². The fraction of sp³-hybridized carbons (Fsp3) is 0.417. The number of hydrazone groups is 1. The molecule has 1 fully saturated rings. The molecule has 1 amide bonds. The molecule has 0 spiro atoms. The van der Waals surface area contributed by atoms with Gasteiger partial charge in [0.2, 0.25) is 5.91 Å². The van der Waals surface area contributed by atoms with Crippen molar-refractivity contribution in [2.45, 2.75) is 26.2 Å². The van der Waals surface area contributed by atoms with Crippen LogP contribution in [-0.4, -0.2) is 60.0 Å².